The van der Waals surface area contributed by atoms with Crippen molar-refractivity contribution in [3.05, 3.63) is 29.1 Å². The van der Waals surface area contributed by atoms with Gasteiger partial charge in [-0.25, -0.2) is 14.0 Å². The summed E-state index contributed by atoms with van der Waals surface area (Å²) in [4.78, 5) is 28.7. The Morgan fingerprint density at radius 1 is 1.20 bits per heavy atom. The summed E-state index contributed by atoms with van der Waals surface area (Å²) in [5.41, 5.74) is 1.07. The van der Waals surface area contributed by atoms with Gasteiger partial charge in [0.15, 0.2) is 0 Å². The molecule has 1 aromatic carbocycles. The van der Waals surface area contributed by atoms with E-state index in [1.807, 2.05) is 48.5 Å². The zero-order chi connectivity index (χ0) is 22.8. The average molecular weight is 423 g/mol. The lowest BCUT2D eigenvalue weighted by Crippen LogP contribution is -2.56. The second-order valence-corrected chi connectivity index (χ2v) is 9.09. The van der Waals surface area contributed by atoms with Gasteiger partial charge in [-0.2, -0.15) is 0 Å². The normalized spacial score (nSPS) is 21.9. The molecule has 30 heavy (non-hydrogen) atoms. The molecule has 1 heterocycles. The maximum Gasteiger partial charge on any atom is 0.410 e. The third-order valence-electron chi connectivity index (χ3n) is 5.62. The van der Waals surface area contributed by atoms with E-state index < -0.39 is 17.4 Å². The van der Waals surface area contributed by atoms with E-state index in [4.69, 9.17) is 9.47 Å². The van der Waals surface area contributed by atoms with Crippen molar-refractivity contribution in [2.45, 2.75) is 85.0 Å². The Bertz CT molecular complexity index is 778. The van der Waals surface area contributed by atoms with E-state index in [0.29, 0.717) is 17.8 Å². The molecule has 2 atom stereocenters. The van der Waals surface area contributed by atoms with Gasteiger partial charge in [0.05, 0.1) is 12.7 Å². The van der Waals surface area contributed by atoms with Crippen molar-refractivity contribution in [3.8, 4) is 0 Å². The number of ether oxygens (including phenoxy) is 2. The standard InChI is InChI=1S/C23H35FN2O4/c1-9-25(20-13-17(24)12-19(16(20)4)21(27)29-8)18-10-14(2)26(15(3)11-18)22(28)30-23(5,6)7/h12-15,18H,9-11H2,1-8H3. The van der Waals surface area contributed by atoms with Gasteiger partial charge >= 0.3 is 12.1 Å². The summed E-state index contributed by atoms with van der Waals surface area (Å²) in [6.07, 6.45) is 1.14. The summed E-state index contributed by atoms with van der Waals surface area (Å²) in [5, 5.41) is 0. The fraction of sp³-hybridized carbons (Fsp3) is 0.652. The van der Waals surface area contributed by atoms with Gasteiger partial charge in [-0.05, 0) is 79.0 Å². The summed E-state index contributed by atoms with van der Waals surface area (Å²) >= 11 is 0. The van der Waals surface area contributed by atoms with Crippen molar-refractivity contribution in [1.82, 2.24) is 4.90 Å². The number of nitrogens with zero attached hydrogens (tertiary/aromatic N) is 2. The SMILES string of the molecule is CCN(c1cc(F)cc(C(=O)OC)c1C)C1CC(C)N(C(=O)OC(C)(C)C)C(C)C1. The number of methoxy groups -OCH3 is 1. The first-order valence-electron chi connectivity index (χ1n) is 10.6. The van der Waals surface area contributed by atoms with Crippen LogP contribution in [0.4, 0.5) is 14.9 Å². The van der Waals surface area contributed by atoms with Crippen LogP contribution in [0.5, 0.6) is 0 Å². The highest BCUT2D eigenvalue weighted by molar-refractivity contribution is 5.92. The first-order chi connectivity index (χ1) is 13.9. The molecule has 0 N–H and O–H groups in total. The predicted molar refractivity (Wildman–Crippen MR) is 116 cm³/mol. The third-order valence-corrected chi connectivity index (χ3v) is 5.62. The molecule has 1 saturated heterocycles. The zero-order valence-corrected chi connectivity index (χ0v) is 19.4. The number of rotatable bonds is 4. The van der Waals surface area contributed by atoms with E-state index in [-0.39, 0.29) is 29.8 Å². The van der Waals surface area contributed by atoms with Gasteiger partial charge in [0.1, 0.15) is 11.4 Å². The highest BCUT2D eigenvalue weighted by atomic mass is 19.1. The molecule has 1 fully saturated rings. The molecule has 2 rings (SSSR count). The second kappa shape index (κ2) is 9.23. The van der Waals surface area contributed by atoms with Crippen molar-refractivity contribution >= 4 is 17.7 Å². The molecule has 1 aliphatic rings. The van der Waals surface area contributed by atoms with Gasteiger partial charge in [0, 0.05) is 30.4 Å². The molecular weight excluding hydrogens is 387 g/mol. The minimum absolute atomic E-state index is 0.0309. The predicted octanol–water partition coefficient (Wildman–Crippen LogP) is 4.92. The molecule has 0 bridgehead atoms. The second-order valence-electron chi connectivity index (χ2n) is 9.09. The van der Waals surface area contributed by atoms with E-state index in [1.54, 1.807) is 4.90 Å². The maximum atomic E-state index is 14.3. The van der Waals surface area contributed by atoms with Gasteiger partial charge < -0.3 is 19.3 Å². The van der Waals surface area contributed by atoms with Crippen molar-refractivity contribution in [2.24, 2.45) is 0 Å². The third kappa shape index (κ3) is 5.24. The molecule has 1 aromatic rings. The van der Waals surface area contributed by atoms with E-state index in [1.165, 1.54) is 19.2 Å². The van der Waals surface area contributed by atoms with Gasteiger partial charge in [-0.15, -0.1) is 0 Å². The number of benzene rings is 1. The number of piperidine rings is 1. The Morgan fingerprint density at radius 2 is 1.77 bits per heavy atom. The quantitative estimate of drug-likeness (QED) is 0.645. The van der Waals surface area contributed by atoms with Crippen LogP contribution in [0, 0.1) is 12.7 Å². The fourth-order valence-corrected chi connectivity index (χ4v) is 4.38. The first kappa shape index (κ1) is 24.0. The number of anilines is 1. The lowest BCUT2D eigenvalue weighted by atomic mass is 9.91. The van der Waals surface area contributed by atoms with Gasteiger partial charge in [0.25, 0.3) is 0 Å². The summed E-state index contributed by atoms with van der Waals surface area (Å²) in [7, 11) is 1.29. The van der Waals surface area contributed by atoms with Crippen molar-refractivity contribution in [1.29, 1.82) is 0 Å². The van der Waals surface area contributed by atoms with Crippen LogP contribution in [-0.2, 0) is 9.47 Å². The highest BCUT2D eigenvalue weighted by Crippen LogP contribution is 2.34. The smallest absolute Gasteiger partial charge is 0.410 e. The number of carbonyl (C=O) groups excluding carboxylic acids is 2. The molecule has 1 aliphatic heterocycles. The van der Waals surface area contributed by atoms with Crippen LogP contribution in [0.3, 0.4) is 0 Å². The lowest BCUT2D eigenvalue weighted by Gasteiger charge is -2.47. The molecule has 0 spiro atoms. The highest BCUT2D eigenvalue weighted by Gasteiger charge is 2.38. The van der Waals surface area contributed by atoms with Crippen LogP contribution in [0.1, 0.15) is 70.3 Å². The molecule has 7 heteroatoms. The minimum Gasteiger partial charge on any atom is -0.465 e. The number of halogens is 1. The monoisotopic (exact) mass is 422 g/mol. The Balaban J connectivity index is 2.31. The molecule has 0 aromatic heterocycles. The molecule has 0 radical (unpaired) electrons. The first-order valence-corrected chi connectivity index (χ1v) is 10.6. The largest absolute Gasteiger partial charge is 0.465 e. The minimum atomic E-state index is -0.550. The van der Waals surface area contributed by atoms with Crippen molar-refractivity contribution in [2.75, 3.05) is 18.6 Å². The van der Waals surface area contributed by atoms with Crippen LogP contribution in [-0.4, -0.2) is 54.3 Å². The number of esters is 1. The fourth-order valence-electron chi connectivity index (χ4n) is 4.38. The summed E-state index contributed by atoms with van der Waals surface area (Å²) < 4.78 is 24.7. The molecule has 168 valence electrons. The van der Waals surface area contributed by atoms with Crippen LogP contribution in [0.2, 0.25) is 0 Å². The van der Waals surface area contributed by atoms with Crippen LogP contribution < -0.4 is 4.90 Å². The lowest BCUT2D eigenvalue weighted by molar-refractivity contribution is -0.00252. The van der Waals surface area contributed by atoms with Gasteiger partial charge in [-0.1, -0.05) is 0 Å². The Morgan fingerprint density at radius 3 is 2.23 bits per heavy atom. The van der Waals surface area contributed by atoms with E-state index in [2.05, 4.69) is 4.90 Å². The zero-order valence-electron chi connectivity index (χ0n) is 19.4. The summed E-state index contributed by atoms with van der Waals surface area (Å²) in [5.74, 6) is -1.02. The molecule has 0 aliphatic carbocycles. The van der Waals surface area contributed by atoms with Gasteiger partial charge in [-0.3, -0.25) is 0 Å². The Kier molecular flexibility index (Phi) is 7.37. The molecular formula is C23H35FN2O4. The number of hydrogen-bond donors (Lipinski definition) is 0. The van der Waals surface area contributed by atoms with Crippen molar-refractivity contribution < 1.29 is 23.5 Å². The average Bonchev–Trinajstić information content (AvgIpc) is 2.62. The van der Waals surface area contributed by atoms with E-state index in [9.17, 15) is 14.0 Å². The number of amides is 1. The maximum absolute atomic E-state index is 14.3. The van der Waals surface area contributed by atoms with E-state index >= 15 is 0 Å². The van der Waals surface area contributed by atoms with Crippen LogP contribution >= 0.6 is 0 Å². The van der Waals surface area contributed by atoms with Gasteiger partial charge in [0.2, 0.25) is 0 Å². The molecule has 2 unspecified atom stereocenters. The Labute approximate surface area is 179 Å². The molecule has 0 saturated carbocycles. The molecule has 1 amide bonds. The molecule has 6 nitrogen and oxygen atoms in total. The van der Waals surface area contributed by atoms with E-state index in [0.717, 1.165) is 12.8 Å². The Hall–Kier alpha value is -2.31. The summed E-state index contributed by atoms with van der Waals surface area (Å²) in [6.45, 7) is 14.1. The number of hydrogen-bond acceptors (Lipinski definition) is 5. The topological polar surface area (TPSA) is 59.1 Å². The van der Waals surface area contributed by atoms with Crippen molar-refractivity contribution in [3.63, 3.8) is 0 Å². The number of likely N-dealkylation sites (tertiary alicyclic amines) is 1. The van der Waals surface area contributed by atoms with Crippen LogP contribution in [0.15, 0.2) is 12.1 Å². The number of carbonyl (C=O) groups is 2. The van der Waals surface area contributed by atoms with Crippen LogP contribution in [0.25, 0.3) is 0 Å². The summed E-state index contributed by atoms with van der Waals surface area (Å²) in [6, 6.07) is 2.73.